The summed E-state index contributed by atoms with van der Waals surface area (Å²) >= 11 is 9.59. The van der Waals surface area contributed by atoms with Gasteiger partial charge < -0.3 is 9.64 Å². The molecule has 0 spiro atoms. The average molecular weight is 514 g/mol. The number of hydrogen-bond donors (Lipinski definition) is 0. The fourth-order valence-electron chi connectivity index (χ4n) is 3.74. The number of amides is 1. The van der Waals surface area contributed by atoms with Crippen molar-refractivity contribution < 1.29 is 9.53 Å². The molecule has 166 valence electrons. The summed E-state index contributed by atoms with van der Waals surface area (Å²) in [6, 6.07) is 21.8. The monoisotopic (exact) mass is 512 g/mol. The standard InChI is InChI=1S/C26H26BrClN2O2/c1-19-2-4-20(5-3-19)17-29-12-14-30(15-13-29)26(31)22-8-6-21(7-9-22)18-32-25-11-10-23(27)16-24(25)28/h2-11,16H,12-15,17-18H2,1H3. The van der Waals surface area contributed by atoms with E-state index in [9.17, 15) is 4.79 Å². The molecule has 1 heterocycles. The zero-order valence-corrected chi connectivity index (χ0v) is 20.4. The van der Waals surface area contributed by atoms with Crippen LogP contribution in [-0.4, -0.2) is 41.9 Å². The number of rotatable bonds is 6. The number of hydrogen-bond acceptors (Lipinski definition) is 3. The van der Waals surface area contributed by atoms with E-state index in [-0.39, 0.29) is 5.91 Å². The summed E-state index contributed by atoms with van der Waals surface area (Å²) in [5, 5.41) is 0.563. The summed E-state index contributed by atoms with van der Waals surface area (Å²) in [7, 11) is 0. The van der Waals surface area contributed by atoms with E-state index in [4.69, 9.17) is 16.3 Å². The molecule has 3 aromatic rings. The normalized spacial score (nSPS) is 14.4. The highest BCUT2D eigenvalue weighted by Gasteiger charge is 2.22. The molecular weight excluding hydrogens is 488 g/mol. The van der Waals surface area contributed by atoms with E-state index in [0.717, 1.165) is 42.8 Å². The van der Waals surface area contributed by atoms with Crippen molar-refractivity contribution in [2.75, 3.05) is 26.2 Å². The van der Waals surface area contributed by atoms with E-state index in [2.05, 4.69) is 52.0 Å². The Morgan fingerprint density at radius 2 is 1.59 bits per heavy atom. The third kappa shape index (κ3) is 5.91. The second-order valence-electron chi connectivity index (χ2n) is 8.11. The van der Waals surface area contributed by atoms with Gasteiger partial charge >= 0.3 is 0 Å². The molecule has 0 aromatic heterocycles. The van der Waals surface area contributed by atoms with Gasteiger partial charge in [0.1, 0.15) is 12.4 Å². The molecule has 1 fully saturated rings. The van der Waals surface area contributed by atoms with Gasteiger partial charge in [-0.1, -0.05) is 69.5 Å². The Balaban J connectivity index is 1.27. The molecule has 4 nitrogen and oxygen atoms in total. The predicted octanol–water partition coefficient (Wildman–Crippen LogP) is 5.95. The molecular formula is C26H26BrClN2O2. The van der Waals surface area contributed by atoms with Crippen LogP contribution < -0.4 is 4.74 Å². The summed E-state index contributed by atoms with van der Waals surface area (Å²) in [5.41, 5.74) is 4.29. The number of carbonyl (C=O) groups is 1. The van der Waals surface area contributed by atoms with Gasteiger partial charge in [-0.2, -0.15) is 0 Å². The summed E-state index contributed by atoms with van der Waals surface area (Å²) in [4.78, 5) is 17.3. The molecule has 0 bridgehead atoms. The predicted molar refractivity (Wildman–Crippen MR) is 132 cm³/mol. The van der Waals surface area contributed by atoms with Crippen LogP contribution in [0.2, 0.25) is 5.02 Å². The van der Waals surface area contributed by atoms with Crippen molar-refractivity contribution >= 4 is 33.4 Å². The van der Waals surface area contributed by atoms with Crippen LogP contribution in [0.15, 0.2) is 71.2 Å². The van der Waals surface area contributed by atoms with E-state index in [0.29, 0.717) is 22.9 Å². The van der Waals surface area contributed by atoms with Gasteiger partial charge in [-0.15, -0.1) is 0 Å². The van der Waals surface area contributed by atoms with Crippen LogP contribution in [0.1, 0.15) is 27.0 Å². The van der Waals surface area contributed by atoms with Crippen LogP contribution in [0.5, 0.6) is 5.75 Å². The molecule has 0 radical (unpaired) electrons. The second kappa shape index (κ2) is 10.5. The number of ether oxygens (including phenoxy) is 1. The average Bonchev–Trinajstić information content (AvgIpc) is 2.80. The Kier molecular flexibility index (Phi) is 7.51. The van der Waals surface area contributed by atoms with Crippen molar-refractivity contribution in [3.63, 3.8) is 0 Å². The van der Waals surface area contributed by atoms with Crippen molar-refractivity contribution in [2.24, 2.45) is 0 Å². The molecule has 0 unspecified atom stereocenters. The highest BCUT2D eigenvalue weighted by molar-refractivity contribution is 9.10. The van der Waals surface area contributed by atoms with E-state index in [1.807, 2.05) is 41.3 Å². The van der Waals surface area contributed by atoms with Gasteiger partial charge in [-0.05, 0) is 48.4 Å². The Morgan fingerprint density at radius 1 is 0.938 bits per heavy atom. The number of halogens is 2. The lowest BCUT2D eigenvalue weighted by molar-refractivity contribution is 0.0628. The van der Waals surface area contributed by atoms with Crippen molar-refractivity contribution in [3.05, 3.63) is 98.5 Å². The Hall–Kier alpha value is -2.34. The smallest absolute Gasteiger partial charge is 0.253 e. The Labute approximate surface area is 202 Å². The third-order valence-electron chi connectivity index (χ3n) is 5.68. The van der Waals surface area contributed by atoms with E-state index >= 15 is 0 Å². The minimum Gasteiger partial charge on any atom is -0.487 e. The summed E-state index contributed by atoms with van der Waals surface area (Å²) in [5.74, 6) is 0.724. The molecule has 6 heteroatoms. The molecule has 4 rings (SSSR count). The van der Waals surface area contributed by atoms with Gasteiger partial charge in [0.05, 0.1) is 5.02 Å². The van der Waals surface area contributed by atoms with Crippen molar-refractivity contribution in [2.45, 2.75) is 20.1 Å². The Morgan fingerprint density at radius 3 is 2.25 bits per heavy atom. The van der Waals surface area contributed by atoms with E-state index in [1.165, 1.54) is 11.1 Å². The lowest BCUT2D eigenvalue weighted by Gasteiger charge is -2.34. The first kappa shape index (κ1) is 22.8. The summed E-state index contributed by atoms with van der Waals surface area (Å²) in [6.45, 7) is 6.70. The minimum atomic E-state index is 0.0865. The van der Waals surface area contributed by atoms with Crippen molar-refractivity contribution in [1.29, 1.82) is 0 Å². The second-order valence-corrected chi connectivity index (χ2v) is 9.44. The molecule has 1 aliphatic rings. The molecule has 0 saturated carbocycles. The lowest BCUT2D eigenvalue weighted by Crippen LogP contribution is -2.48. The van der Waals surface area contributed by atoms with E-state index in [1.54, 1.807) is 6.07 Å². The minimum absolute atomic E-state index is 0.0865. The molecule has 1 amide bonds. The van der Waals surface area contributed by atoms with Gasteiger partial charge in [-0.3, -0.25) is 9.69 Å². The van der Waals surface area contributed by atoms with Crippen LogP contribution in [0.25, 0.3) is 0 Å². The fraction of sp³-hybridized carbons (Fsp3) is 0.269. The number of benzene rings is 3. The molecule has 1 aliphatic heterocycles. The maximum absolute atomic E-state index is 12.9. The zero-order valence-electron chi connectivity index (χ0n) is 18.1. The van der Waals surface area contributed by atoms with Crippen LogP contribution in [-0.2, 0) is 13.2 Å². The SMILES string of the molecule is Cc1ccc(CN2CCN(C(=O)c3ccc(COc4ccc(Br)cc4Cl)cc3)CC2)cc1. The maximum atomic E-state index is 12.9. The van der Waals surface area contributed by atoms with Gasteiger partial charge in [0.2, 0.25) is 0 Å². The lowest BCUT2D eigenvalue weighted by atomic mass is 10.1. The number of aryl methyl sites for hydroxylation is 1. The first-order valence-electron chi connectivity index (χ1n) is 10.7. The number of nitrogens with zero attached hydrogens (tertiary/aromatic N) is 2. The van der Waals surface area contributed by atoms with Crippen LogP contribution in [0.4, 0.5) is 0 Å². The fourth-order valence-corrected chi connectivity index (χ4v) is 4.47. The molecule has 1 saturated heterocycles. The highest BCUT2D eigenvalue weighted by atomic mass is 79.9. The van der Waals surface area contributed by atoms with Gasteiger partial charge in [0.25, 0.3) is 5.91 Å². The summed E-state index contributed by atoms with van der Waals surface area (Å²) < 4.78 is 6.72. The zero-order chi connectivity index (χ0) is 22.5. The maximum Gasteiger partial charge on any atom is 0.253 e. The van der Waals surface area contributed by atoms with Gasteiger partial charge in [0, 0.05) is 42.8 Å². The van der Waals surface area contributed by atoms with Crippen LogP contribution >= 0.6 is 27.5 Å². The third-order valence-corrected chi connectivity index (χ3v) is 6.46. The quantitative estimate of drug-likeness (QED) is 0.408. The molecule has 0 aliphatic carbocycles. The van der Waals surface area contributed by atoms with Crippen molar-refractivity contribution in [3.8, 4) is 5.75 Å². The first-order chi connectivity index (χ1) is 15.5. The largest absolute Gasteiger partial charge is 0.487 e. The van der Waals surface area contributed by atoms with Crippen molar-refractivity contribution in [1.82, 2.24) is 9.80 Å². The topological polar surface area (TPSA) is 32.8 Å². The first-order valence-corrected chi connectivity index (χ1v) is 11.9. The van der Waals surface area contributed by atoms with Gasteiger partial charge in [-0.25, -0.2) is 0 Å². The molecule has 0 N–H and O–H groups in total. The van der Waals surface area contributed by atoms with Crippen LogP contribution in [0, 0.1) is 6.92 Å². The highest BCUT2D eigenvalue weighted by Crippen LogP contribution is 2.28. The molecule has 3 aromatic carbocycles. The van der Waals surface area contributed by atoms with Crippen LogP contribution in [0.3, 0.4) is 0 Å². The Bertz CT molecular complexity index is 1060. The van der Waals surface area contributed by atoms with E-state index < -0.39 is 0 Å². The summed E-state index contributed by atoms with van der Waals surface area (Å²) in [6.07, 6.45) is 0. The molecule has 32 heavy (non-hydrogen) atoms. The molecule has 0 atom stereocenters. The van der Waals surface area contributed by atoms with Gasteiger partial charge in [0.15, 0.2) is 0 Å². The number of piperazine rings is 1. The number of carbonyl (C=O) groups excluding carboxylic acids is 1.